The Kier molecular flexibility index (Phi) is 9.62. The van der Waals surface area contributed by atoms with Gasteiger partial charge in [0.1, 0.15) is 16.8 Å². The summed E-state index contributed by atoms with van der Waals surface area (Å²) in [5.74, 6) is 1.84. The van der Waals surface area contributed by atoms with E-state index in [0.717, 1.165) is 22.1 Å². The van der Waals surface area contributed by atoms with Gasteiger partial charge in [0.25, 0.3) is 0 Å². The van der Waals surface area contributed by atoms with Crippen molar-refractivity contribution in [2.24, 2.45) is 0 Å². The van der Waals surface area contributed by atoms with E-state index >= 15 is 0 Å². The average molecular weight is 473 g/mol. The first kappa shape index (κ1) is 21.9. The van der Waals surface area contributed by atoms with Crippen molar-refractivity contribution in [3.63, 3.8) is 0 Å². The maximum atomic E-state index is 6.23. The highest BCUT2D eigenvalue weighted by Crippen LogP contribution is 2.37. The second-order valence-electron chi connectivity index (χ2n) is 5.03. The molecule has 2 nitrogen and oxygen atoms in total. The number of halogens is 5. The van der Waals surface area contributed by atoms with E-state index in [2.05, 4.69) is 0 Å². The highest BCUT2D eigenvalue weighted by Gasteiger charge is 2.10. The highest BCUT2D eigenvalue weighted by molar-refractivity contribution is 7.99. The van der Waals surface area contributed by atoms with Gasteiger partial charge < -0.3 is 9.47 Å². The summed E-state index contributed by atoms with van der Waals surface area (Å²) >= 11 is 31.2. The van der Waals surface area contributed by atoms with Crippen LogP contribution in [0.2, 0.25) is 15.1 Å². The Balaban J connectivity index is 1.80. The normalized spacial score (nSPS) is 10.5. The molecule has 0 amide bonds. The Morgan fingerprint density at radius 2 is 1.73 bits per heavy atom. The van der Waals surface area contributed by atoms with Crippen LogP contribution in [-0.2, 0) is 0 Å². The van der Waals surface area contributed by atoms with Crippen molar-refractivity contribution in [1.82, 2.24) is 0 Å². The molecule has 0 spiro atoms. The fourth-order valence-corrected chi connectivity index (χ4v) is 3.78. The van der Waals surface area contributed by atoms with Gasteiger partial charge in [-0.15, -0.1) is 11.8 Å². The van der Waals surface area contributed by atoms with E-state index < -0.39 is 0 Å². The summed E-state index contributed by atoms with van der Waals surface area (Å²) in [6.45, 7) is 0.716. The molecule has 26 heavy (non-hydrogen) atoms. The average Bonchev–Trinajstić information content (AvgIpc) is 2.56. The van der Waals surface area contributed by atoms with E-state index in [9.17, 15) is 0 Å². The summed E-state index contributed by atoms with van der Waals surface area (Å²) in [6, 6.07) is 11.0. The monoisotopic (exact) mass is 470 g/mol. The van der Waals surface area contributed by atoms with Crippen molar-refractivity contribution >= 4 is 69.8 Å². The zero-order valence-electron chi connectivity index (χ0n) is 13.5. The van der Waals surface area contributed by atoms with Crippen LogP contribution in [0.25, 0.3) is 0 Å². The minimum absolute atomic E-state index is 0.137. The molecule has 8 heteroatoms. The lowest BCUT2D eigenvalue weighted by atomic mass is 10.3. The SMILES string of the molecule is ClC(Cl)=CCOc1cc(Cl)c(OCCCSc2cccc(Cl)c2)c(Cl)c1. The van der Waals surface area contributed by atoms with Gasteiger partial charge in [0.05, 0.1) is 16.7 Å². The summed E-state index contributed by atoms with van der Waals surface area (Å²) < 4.78 is 11.3. The Labute approximate surface area is 182 Å². The van der Waals surface area contributed by atoms with Gasteiger partial charge in [-0.3, -0.25) is 0 Å². The molecule has 140 valence electrons. The predicted octanol–water partition coefficient (Wildman–Crippen LogP) is 7.91. The molecule has 0 N–H and O–H groups in total. The molecule has 0 aromatic heterocycles. The van der Waals surface area contributed by atoms with Gasteiger partial charge in [-0.25, -0.2) is 0 Å². The van der Waals surface area contributed by atoms with Gasteiger partial charge in [-0.05, 0) is 30.7 Å². The fourth-order valence-electron chi connectivity index (χ4n) is 1.94. The van der Waals surface area contributed by atoms with E-state index in [4.69, 9.17) is 67.5 Å². The summed E-state index contributed by atoms with van der Waals surface area (Å²) in [5, 5.41) is 1.50. The third-order valence-corrected chi connectivity index (χ3v) is 5.24. The molecule has 0 aliphatic rings. The second-order valence-corrected chi connectivity index (χ2v) is 8.46. The molecular formula is C18H15Cl5O2S. The first-order chi connectivity index (χ1) is 12.5. The molecule has 2 aromatic rings. The van der Waals surface area contributed by atoms with Crippen LogP contribution in [0.5, 0.6) is 11.5 Å². The standard InChI is InChI=1S/C18H15Cl5O2S/c19-12-3-1-4-14(9-12)26-8-2-6-25-18-15(20)10-13(11-16(18)21)24-7-5-17(22)23/h1,3-5,9-11H,2,6-8H2. The molecule has 0 fully saturated rings. The van der Waals surface area contributed by atoms with Crippen LogP contribution in [0.15, 0.2) is 51.9 Å². The van der Waals surface area contributed by atoms with Gasteiger partial charge in [0.15, 0.2) is 5.75 Å². The van der Waals surface area contributed by atoms with Crippen molar-refractivity contribution in [2.45, 2.75) is 11.3 Å². The van der Waals surface area contributed by atoms with Crippen LogP contribution in [0, 0.1) is 0 Å². The third kappa shape index (κ3) is 7.67. The lowest BCUT2D eigenvalue weighted by Gasteiger charge is -2.12. The summed E-state index contributed by atoms with van der Waals surface area (Å²) in [5.41, 5.74) is 0. The minimum atomic E-state index is 0.137. The zero-order valence-corrected chi connectivity index (χ0v) is 18.1. The molecule has 0 unspecified atom stereocenters. The topological polar surface area (TPSA) is 18.5 Å². The van der Waals surface area contributed by atoms with Crippen molar-refractivity contribution in [3.8, 4) is 11.5 Å². The molecular weight excluding hydrogens is 458 g/mol. The van der Waals surface area contributed by atoms with Crippen LogP contribution in [-0.4, -0.2) is 19.0 Å². The predicted molar refractivity (Wildman–Crippen MR) is 114 cm³/mol. The number of hydrogen-bond acceptors (Lipinski definition) is 3. The number of thioether (sulfide) groups is 1. The van der Waals surface area contributed by atoms with E-state index in [0.29, 0.717) is 28.2 Å². The van der Waals surface area contributed by atoms with Crippen LogP contribution in [0.4, 0.5) is 0 Å². The second kappa shape index (κ2) is 11.4. The maximum absolute atomic E-state index is 6.23. The van der Waals surface area contributed by atoms with Crippen molar-refractivity contribution in [1.29, 1.82) is 0 Å². The minimum Gasteiger partial charge on any atom is -0.490 e. The Hall–Kier alpha value is -0.420. The summed E-state index contributed by atoms with van der Waals surface area (Å²) in [4.78, 5) is 1.13. The summed E-state index contributed by atoms with van der Waals surface area (Å²) in [6.07, 6.45) is 2.36. The van der Waals surface area contributed by atoms with Gasteiger partial charge in [0.2, 0.25) is 0 Å². The quantitative estimate of drug-likeness (QED) is 0.273. The molecule has 0 heterocycles. The van der Waals surface area contributed by atoms with Gasteiger partial charge >= 0.3 is 0 Å². The molecule has 0 aliphatic carbocycles. The molecule has 0 saturated heterocycles. The van der Waals surface area contributed by atoms with E-state index in [1.807, 2.05) is 24.3 Å². The Morgan fingerprint density at radius 3 is 2.38 bits per heavy atom. The molecule has 0 saturated carbocycles. The first-order valence-electron chi connectivity index (χ1n) is 7.60. The Morgan fingerprint density at radius 1 is 1.00 bits per heavy atom. The fraction of sp³-hybridized carbons (Fsp3) is 0.222. The maximum Gasteiger partial charge on any atom is 0.156 e. The van der Waals surface area contributed by atoms with Crippen LogP contribution < -0.4 is 9.47 Å². The summed E-state index contributed by atoms with van der Waals surface area (Å²) in [7, 11) is 0. The number of hydrogen-bond donors (Lipinski definition) is 0. The van der Waals surface area contributed by atoms with E-state index in [1.54, 1.807) is 23.9 Å². The van der Waals surface area contributed by atoms with Crippen LogP contribution in [0.3, 0.4) is 0 Å². The molecule has 2 rings (SSSR count). The molecule has 0 bridgehead atoms. The number of rotatable bonds is 9. The van der Waals surface area contributed by atoms with Gasteiger partial charge in [0, 0.05) is 27.8 Å². The van der Waals surface area contributed by atoms with Crippen molar-refractivity contribution in [3.05, 3.63) is 62.0 Å². The zero-order chi connectivity index (χ0) is 18.9. The number of ether oxygens (including phenoxy) is 2. The smallest absolute Gasteiger partial charge is 0.156 e. The van der Waals surface area contributed by atoms with Crippen molar-refractivity contribution < 1.29 is 9.47 Å². The Bertz CT molecular complexity index is 740. The lowest BCUT2D eigenvalue weighted by molar-refractivity contribution is 0.317. The van der Waals surface area contributed by atoms with Crippen molar-refractivity contribution in [2.75, 3.05) is 19.0 Å². The third-order valence-electron chi connectivity index (χ3n) is 3.06. The largest absolute Gasteiger partial charge is 0.490 e. The van der Waals surface area contributed by atoms with Crippen LogP contribution >= 0.6 is 69.8 Å². The van der Waals surface area contributed by atoms with Crippen LogP contribution in [0.1, 0.15) is 6.42 Å². The molecule has 0 radical (unpaired) electrons. The molecule has 0 aliphatic heterocycles. The van der Waals surface area contributed by atoms with Gasteiger partial charge in [-0.1, -0.05) is 64.1 Å². The highest BCUT2D eigenvalue weighted by atomic mass is 35.5. The van der Waals surface area contributed by atoms with E-state index in [-0.39, 0.29) is 11.1 Å². The molecule has 0 atom stereocenters. The first-order valence-corrected chi connectivity index (χ1v) is 10.5. The lowest BCUT2D eigenvalue weighted by Crippen LogP contribution is -2.01. The number of benzene rings is 2. The molecule has 2 aromatic carbocycles. The van der Waals surface area contributed by atoms with Gasteiger partial charge in [-0.2, -0.15) is 0 Å². The van der Waals surface area contributed by atoms with E-state index in [1.165, 1.54) is 6.08 Å².